The monoisotopic (exact) mass is 224 g/mol. The Morgan fingerprint density at radius 3 is 2.79 bits per heavy atom. The fourth-order valence-electron chi connectivity index (χ4n) is 1.06. The van der Waals surface area contributed by atoms with Crippen molar-refractivity contribution in [3.63, 3.8) is 0 Å². The summed E-state index contributed by atoms with van der Waals surface area (Å²) < 4.78 is 0. The van der Waals surface area contributed by atoms with Gasteiger partial charge in [-0.25, -0.2) is 4.98 Å². The quantitative estimate of drug-likeness (QED) is 0.777. The molecule has 0 saturated carbocycles. The maximum absolute atomic E-state index is 10.5. The van der Waals surface area contributed by atoms with Crippen LogP contribution in [0.2, 0.25) is 0 Å². The average Bonchev–Trinajstić information content (AvgIpc) is 2.70. The van der Waals surface area contributed by atoms with Gasteiger partial charge in [0.25, 0.3) is 0 Å². The predicted molar refractivity (Wildman–Crippen MR) is 54.5 cm³/mol. The van der Waals surface area contributed by atoms with E-state index in [2.05, 4.69) is 4.98 Å². The Hall–Kier alpha value is -1.20. The molecule has 0 bridgehead atoms. The third kappa shape index (κ3) is 1.69. The molecule has 0 unspecified atom stereocenters. The van der Waals surface area contributed by atoms with Gasteiger partial charge in [-0.15, -0.1) is 22.7 Å². The van der Waals surface area contributed by atoms with Crippen LogP contribution in [0.4, 0.5) is 0 Å². The smallest absolute Gasteiger partial charge is 0.0914 e. The first-order valence-electron chi connectivity index (χ1n) is 3.90. The predicted octanol–water partition coefficient (Wildman–Crippen LogP) is 1.54. The zero-order valence-electron chi connectivity index (χ0n) is 7.31. The third-order valence-corrected chi connectivity index (χ3v) is 3.54. The largest absolute Gasteiger partial charge is 0.544 e. The van der Waals surface area contributed by atoms with Crippen molar-refractivity contribution in [1.82, 2.24) is 4.98 Å². The van der Waals surface area contributed by atoms with E-state index in [0.717, 1.165) is 15.6 Å². The molecule has 2 aromatic heterocycles. The molecule has 72 valence electrons. The van der Waals surface area contributed by atoms with Gasteiger partial charge in [-0.3, -0.25) is 0 Å². The van der Waals surface area contributed by atoms with Crippen molar-refractivity contribution in [1.29, 1.82) is 0 Å². The molecule has 0 aromatic carbocycles. The second kappa shape index (κ2) is 3.51. The van der Waals surface area contributed by atoms with Gasteiger partial charge in [0, 0.05) is 5.38 Å². The number of thiophene rings is 1. The first kappa shape index (κ1) is 9.36. The van der Waals surface area contributed by atoms with E-state index >= 15 is 0 Å². The number of carbonyl (C=O) groups excluding carboxylic acids is 1. The summed E-state index contributed by atoms with van der Waals surface area (Å²) >= 11 is 2.74. The highest BCUT2D eigenvalue weighted by Gasteiger charge is 2.05. The normalized spacial score (nSPS) is 10.4. The number of carbonyl (C=O) groups is 1. The minimum atomic E-state index is -1.13. The zero-order chi connectivity index (χ0) is 10.1. The third-order valence-electron chi connectivity index (χ3n) is 1.68. The molecule has 0 amide bonds. The van der Waals surface area contributed by atoms with E-state index in [4.69, 9.17) is 0 Å². The summed E-state index contributed by atoms with van der Waals surface area (Å²) in [5.74, 6) is -1.13. The van der Waals surface area contributed by atoms with E-state index in [0.29, 0.717) is 0 Å². The van der Waals surface area contributed by atoms with Gasteiger partial charge in [-0.05, 0) is 19.1 Å². The maximum Gasteiger partial charge on any atom is 0.0914 e. The number of hydrogen-bond donors (Lipinski definition) is 0. The number of carboxylic acids is 1. The van der Waals surface area contributed by atoms with Crippen LogP contribution in [0.25, 0.3) is 10.6 Å². The fraction of sp³-hybridized carbons (Fsp3) is 0.111. The number of aromatic nitrogens is 1. The van der Waals surface area contributed by atoms with Crippen LogP contribution in [0.3, 0.4) is 0 Å². The van der Waals surface area contributed by atoms with Gasteiger partial charge in [-0.2, -0.15) is 0 Å². The van der Waals surface area contributed by atoms with Gasteiger partial charge < -0.3 is 9.90 Å². The Morgan fingerprint density at radius 1 is 1.50 bits per heavy atom. The number of rotatable bonds is 2. The number of aryl methyl sites for hydroxylation is 1. The Morgan fingerprint density at radius 2 is 2.29 bits per heavy atom. The Balaban J connectivity index is 2.38. The lowest BCUT2D eigenvalue weighted by atomic mass is 10.4. The summed E-state index contributed by atoms with van der Waals surface area (Å²) in [6.45, 7) is 1.92. The summed E-state index contributed by atoms with van der Waals surface area (Å²) in [5.41, 5.74) is 0.838. The maximum atomic E-state index is 10.5. The van der Waals surface area contributed by atoms with Gasteiger partial charge in [0.15, 0.2) is 0 Å². The van der Waals surface area contributed by atoms with Crippen LogP contribution in [0, 0.1) is 6.92 Å². The summed E-state index contributed by atoms with van der Waals surface area (Å²) in [7, 11) is 0. The number of thiazole rings is 1. The molecule has 0 fully saturated rings. The molecule has 0 aliphatic heterocycles. The molecule has 0 aliphatic rings. The van der Waals surface area contributed by atoms with Gasteiger partial charge >= 0.3 is 0 Å². The van der Waals surface area contributed by atoms with Crippen LogP contribution in [-0.2, 0) is 0 Å². The van der Waals surface area contributed by atoms with Crippen molar-refractivity contribution in [2.75, 3.05) is 0 Å². The highest BCUT2D eigenvalue weighted by Crippen LogP contribution is 2.28. The Kier molecular flexibility index (Phi) is 2.35. The molecule has 0 aliphatic carbocycles. The molecule has 14 heavy (non-hydrogen) atoms. The minimum Gasteiger partial charge on any atom is -0.544 e. The second-order valence-corrected chi connectivity index (χ2v) is 4.85. The van der Waals surface area contributed by atoms with Crippen LogP contribution in [0.15, 0.2) is 17.5 Å². The molecule has 0 radical (unpaired) electrons. The van der Waals surface area contributed by atoms with E-state index in [9.17, 15) is 9.90 Å². The van der Waals surface area contributed by atoms with Crippen molar-refractivity contribution in [2.45, 2.75) is 6.92 Å². The highest BCUT2D eigenvalue weighted by molar-refractivity contribution is 7.17. The van der Waals surface area contributed by atoms with Gasteiger partial charge in [0.2, 0.25) is 0 Å². The molecule has 5 heteroatoms. The van der Waals surface area contributed by atoms with Crippen LogP contribution in [0.1, 0.15) is 14.7 Å². The van der Waals surface area contributed by atoms with E-state index in [1.807, 2.05) is 12.3 Å². The summed E-state index contributed by atoms with van der Waals surface area (Å²) in [6.07, 6.45) is 0. The number of nitrogens with zero attached hydrogens (tertiary/aromatic N) is 1. The van der Waals surface area contributed by atoms with Gasteiger partial charge in [0.05, 0.1) is 26.4 Å². The number of hydrogen-bond acceptors (Lipinski definition) is 5. The average molecular weight is 224 g/mol. The van der Waals surface area contributed by atoms with Crippen molar-refractivity contribution in [3.05, 3.63) is 27.4 Å². The second-order valence-electron chi connectivity index (χ2n) is 2.70. The highest BCUT2D eigenvalue weighted by atomic mass is 32.1. The van der Waals surface area contributed by atoms with E-state index in [1.54, 1.807) is 23.5 Å². The van der Waals surface area contributed by atoms with Crippen molar-refractivity contribution in [2.24, 2.45) is 0 Å². The first-order chi connectivity index (χ1) is 6.66. The number of aromatic carboxylic acids is 1. The molecule has 0 N–H and O–H groups in total. The van der Waals surface area contributed by atoms with Gasteiger partial charge in [-0.1, -0.05) is 0 Å². The van der Waals surface area contributed by atoms with Crippen LogP contribution < -0.4 is 5.11 Å². The summed E-state index contributed by atoms with van der Waals surface area (Å²) in [5, 5.41) is 13.4. The van der Waals surface area contributed by atoms with Crippen LogP contribution in [0.5, 0.6) is 0 Å². The SMILES string of the molecule is Cc1nc(-c2ccc(C(=O)[O-])s2)cs1. The zero-order valence-corrected chi connectivity index (χ0v) is 8.95. The Bertz CT molecular complexity index is 473. The molecular formula is C9H6NO2S2-. The minimum absolute atomic E-state index is 0.241. The standard InChI is InChI=1S/C9H7NO2S2/c1-5-10-6(4-13-5)7-2-3-8(14-7)9(11)12/h2-4H,1H3,(H,11,12)/p-1. The van der Waals surface area contributed by atoms with Crippen molar-refractivity contribution >= 4 is 28.6 Å². The molecule has 2 rings (SSSR count). The molecule has 0 atom stereocenters. The molecule has 2 heterocycles. The first-order valence-corrected chi connectivity index (χ1v) is 5.60. The molecular weight excluding hydrogens is 218 g/mol. The molecule has 0 spiro atoms. The van der Waals surface area contributed by atoms with E-state index in [-0.39, 0.29) is 4.88 Å². The summed E-state index contributed by atoms with van der Waals surface area (Å²) in [4.78, 5) is 15.9. The van der Waals surface area contributed by atoms with Gasteiger partial charge in [0.1, 0.15) is 0 Å². The lowest BCUT2D eigenvalue weighted by Crippen LogP contribution is -2.20. The van der Waals surface area contributed by atoms with Crippen molar-refractivity contribution < 1.29 is 9.90 Å². The van der Waals surface area contributed by atoms with Crippen LogP contribution in [-0.4, -0.2) is 11.0 Å². The summed E-state index contributed by atoms with van der Waals surface area (Å²) in [6, 6.07) is 3.30. The molecule has 2 aromatic rings. The van der Waals surface area contributed by atoms with Crippen LogP contribution >= 0.6 is 22.7 Å². The lowest BCUT2D eigenvalue weighted by Gasteiger charge is -1.93. The Labute approximate surface area is 88.7 Å². The fourth-order valence-corrected chi connectivity index (χ4v) is 2.55. The van der Waals surface area contributed by atoms with E-state index in [1.165, 1.54) is 11.3 Å². The van der Waals surface area contributed by atoms with Crippen molar-refractivity contribution in [3.8, 4) is 10.6 Å². The topological polar surface area (TPSA) is 53.0 Å². The molecule has 3 nitrogen and oxygen atoms in total. The molecule has 0 saturated heterocycles. The van der Waals surface area contributed by atoms with E-state index < -0.39 is 5.97 Å². The number of carboxylic acid groups (broad SMARTS) is 1. The lowest BCUT2D eigenvalue weighted by molar-refractivity contribution is -0.254.